The highest BCUT2D eigenvalue weighted by molar-refractivity contribution is 5.98. The van der Waals surface area contributed by atoms with Crippen molar-refractivity contribution in [2.75, 3.05) is 13.7 Å². The Morgan fingerprint density at radius 2 is 1.53 bits per heavy atom. The Bertz CT molecular complexity index is 976. The molecule has 0 fully saturated rings. The molecule has 0 unspecified atom stereocenters. The van der Waals surface area contributed by atoms with Crippen LogP contribution in [-0.4, -0.2) is 37.5 Å². The fourth-order valence-electron chi connectivity index (χ4n) is 2.48. The number of hydrogen-bond donors (Lipinski definition) is 3. The molecule has 0 bridgehead atoms. The number of amides is 3. The highest BCUT2D eigenvalue weighted by atomic mass is 19.4. The molecule has 0 aliphatic rings. The fraction of sp³-hybridized carbons (Fsp3) is 0.286. The van der Waals surface area contributed by atoms with Gasteiger partial charge in [0, 0.05) is 11.1 Å². The highest BCUT2D eigenvalue weighted by Gasteiger charge is 2.30. The second kappa shape index (κ2) is 10.5. The number of hydrazine groups is 1. The minimum atomic E-state index is -4.51. The van der Waals surface area contributed by atoms with Crippen molar-refractivity contribution in [1.29, 1.82) is 0 Å². The van der Waals surface area contributed by atoms with E-state index in [1.807, 2.05) is 13.8 Å². The van der Waals surface area contributed by atoms with Crippen molar-refractivity contribution in [2.24, 2.45) is 0 Å². The van der Waals surface area contributed by atoms with Crippen LogP contribution >= 0.6 is 0 Å². The number of ether oxygens (including phenoxy) is 2. The van der Waals surface area contributed by atoms with Gasteiger partial charge in [0.25, 0.3) is 17.7 Å². The molecular weight excluding hydrogens is 431 g/mol. The lowest BCUT2D eigenvalue weighted by Crippen LogP contribution is -2.46. The van der Waals surface area contributed by atoms with E-state index in [0.29, 0.717) is 11.5 Å². The van der Waals surface area contributed by atoms with Crippen molar-refractivity contribution in [1.82, 2.24) is 16.2 Å². The van der Waals surface area contributed by atoms with E-state index in [2.05, 4.69) is 16.2 Å². The number of carbonyl (C=O) groups is 3. The monoisotopic (exact) mass is 453 g/mol. The maximum Gasteiger partial charge on any atom is 0.416 e. The first kappa shape index (κ1) is 24.5. The van der Waals surface area contributed by atoms with Crippen LogP contribution in [0.3, 0.4) is 0 Å². The number of rotatable bonds is 7. The number of nitrogens with one attached hydrogen (secondary N) is 3. The van der Waals surface area contributed by atoms with Gasteiger partial charge in [-0.05, 0) is 56.3 Å². The molecule has 2 rings (SSSR count). The summed E-state index contributed by atoms with van der Waals surface area (Å²) in [7, 11) is 1.42. The molecule has 172 valence electrons. The first-order valence-corrected chi connectivity index (χ1v) is 9.40. The van der Waals surface area contributed by atoms with Gasteiger partial charge in [-0.1, -0.05) is 0 Å². The minimum absolute atomic E-state index is 0.0503. The Labute approximate surface area is 182 Å². The van der Waals surface area contributed by atoms with E-state index in [1.54, 1.807) is 6.07 Å². The van der Waals surface area contributed by atoms with Crippen molar-refractivity contribution in [3.63, 3.8) is 0 Å². The average Bonchev–Trinajstić information content (AvgIpc) is 2.75. The topological polar surface area (TPSA) is 106 Å². The summed E-state index contributed by atoms with van der Waals surface area (Å²) in [6.45, 7) is 3.17. The largest absolute Gasteiger partial charge is 0.493 e. The molecule has 0 aliphatic heterocycles. The summed E-state index contributed by atoms with van der Waals surface area (Å²) in [5.41, 5.74) is 3.56. The molecule has 2 aromatic rings. The summed E-state index contributed by atoms with van der Waals surface area (Å²) >= 11 is 0. The zero-order valence-electron chi connectivity index (χ0n) is 17.5. The van der Waals surface area contributed by atoms with Gasteiger partial charge in [0.1, 0.15) is 0 Å². The van der Waals surface area contributed by atoms with Gasteiger partial charge in [-0.25, -0.2) is 0 Å². The Hall–Kier alpha value is -3.76. The third-order valence-electron chi connectivity index (χ3n) is 3.99. The Morgan fingerprint density at radius 1 is 0.906 bits per heavy atom. The van der Waals surface area contributed by atoms with E-state index in [9.17, 15) is 27.6 Å². The third-order valence-corrected chi connectivity index (χ3v) is 3.99. The van der Waals surface area contributed by atoms with Crippen molar-refractivity contribution < 1.29 is 37.0 Å². The number of hydrogen-bond acceptors (Lipinski definition) is 5. The van der Waals surface area contributed by atoms with Crippen LogP contribution in [0.25, 0.3) is 0 Å². The van der Waals surface area contributed by atoms with Gasteiger partial charge in [0.15, 0.2) is 11.5 Å². The summed E-state index contributed by atoms with van der Waals surface area (Å²) in [5, 5.41) is 2.24. The summed E-state index contributed by atoms with van der Waals surface area (Å²) in [6.07, 6.45) is -4.61. The summed E-state index contributed by atoms with van der Waals surface area (Å²) in [4.78, 5) is 36.0. The van der Waals surface area contributed by atoms with Crippen LogP contribution in [0.2, 0.25) is 0 Å². The molecule has 0 aromatic heterocycles. The average molecular weight is 453 g/mol. The van der Waals surface area contributed by atoms with E-state index in [1.165, 1.54) is 19.2 Å². The summed E-state index contributed by atoms with van der Waals surface area (Å²) < 4.78 is 48.4. The molecule has 0 radical (unpaired) electrons. The molecule has 11 heteroatoms. The first-order chi connectivity index (χ1) is 15.0. The maximum atomic E-state index is 12.6. The fourth-order valence-corrected chi connectivity index (χ4v) is 2.48. The zero-order valence-corrected chi connectivity index (χ0v) is 17.5. The number of methoxy groups -OCH3 is 1. The van der Waals surface area contributed by atoms with Crippen LogP contribution in [0.5, 0.6) is 11.5 Å². The van der Waals surface area contributed by atoms with Gasteiger partial charge in [0.2, 0.25) is 0 Å². The predicted molar refractivity (Wildman–Crippen MR) is 108 cm³/mol. The number of benzene rings is 2. The van der Waals surface area contributed by atoms with Gasteiger partial charge in [-0.3, -0.25) is 25.2 Å². The smallest absolute Gasteiger partial charge is 0.416 e. The molecule has 0 heterocycles. The van der Waals surface area contributed by atoms with Gasteiger partial charge >= 0.3 is 6.18 Å². The van der Waals surface area contributed by atoms with Crippen molar-refractivity contribution in [3.8, 4) is 11.5 Å². The van der Waals surface area contributed by atoms with Crippen LogP contribution in [0.1, 0.15) is 40.1 Å². The number of halogens is 3. The van der Waals surface area contributed by atoms with E-state index in [0.717, 1.165) is 24.3 Å². The van der Waals surface area contributed by atoms with E-state index in [4.69, 9.17) is 9.47 Å². The number of alkyl halides is 3. The molecule has 3 N–H and O–H groups in total. The predicted octanol–water partition coefficient (Wildman–Crippen LogP) is 2.69. The van der Waals surface area contributed by atoms with Gasteiger partial charge in [0.05, 0.1) is 25.3 Å². The van der Waals surface area contributed by atoms with E-state index < -0.39 is 36.0 Å². The molecule has 8 nitrogen and oxygen atoms in total. The van der Waals surface area contributed by atoms with Crippen LogP contribution in [0.15, 0.2) is 42.5 Å². The van der Waals surface area contributed by atoms with Crippen molar-refractivity contribution in [2.45, 2.75) is 26.1 Å². The zero-order chi connectivity index (χ0) is 23.9. The molecule has 0 spiro atoms. The Kier molecular flexibility index (Phi) is 8.05. The van der Waals surface area contributed by atoms with Gasteiger partial charge in [-0.15, -0.1) is 0 Å². The highest BCUT2D eigenvalue weighted by Crippen LogP contribution is 2.29. The van der Waals surface area contributed by atoms with Crippen molar-refractivity contribution >= 4 is 17.7 Å². The molecule has 0 saturated carbocycles. The van der Waals surface area contributed by atoms with Crippen molar-refractivity contribution in [3.05, 3.63) is 59.2 Å². The quantitative estimate of drug-likeness (QED) is 0.559. The first-order valence-electron chi connectivity index (χ1n) is 9.40. The maximum absolute atomic E-state index is 12.6. The lowest BCUT2D eigenvalue weighted by molar-refractivity contribution is -0.137. The van der Waals surface area contributed by atoms with Crippen LogP contribution in [0, 0.1) is 0 Å². The van der Waals surface area contributed by atoms with Crippen LogP contribution < -0.4 is 25.6 Å². The molecule has 0 saturated heterocycles. The minimum Gasteiger partial charge on any atom is -0.493 e. The van der Waals surface area contributed by atoms with Gasteiger partial charge in [-0.2, -0.15) is 13.2 Å². The third kappa shape index (κ3) is 6.89. The molecule has 0 aliphatic carbocycles. The molecular formula is C21H22F3N3O5. The Balaban J connectivity index is 1.86. The Morgan fingerprint density at radius 3 is 2.09 bits per heavy atom. The van der Waals surface area contributed by atoms with Gasteiger partial charge < -0.3 is 14.8 Å². The molecule has 0 atom stereocenters. The normalized spacial score (nSPS) is 11.0. The second-order valence-electron chi connectivity index (χ2n) is 6.79. The van der Waals surface area contributed by atoms with E-state index >= 15 is 0 Å². The summed E-state index contributed by atoms with van der Waals surface area (Å²) in [5.74, 6) is -1.34. The summed E-state index contributed by atoms with van der Waals surface area (Å²) in [6, 6.07) is 8.00. The van der Waals surface area contributed by atoms with E-state index in [-0.39, 0.29) is 17.2 Å². The standard InChI is InChI=1S/C21H22F3N3O5/c1-12(2)32-16-9-6-14(10-17(16)31-3)20(30)27-26-18(28)11-25-19(29)13-4-7-15(8-5-13)21(22,23)24/h4-10,12H,11H2,1-3H3,(H,25,29)(H,26,28)(H,27,30). The lowest BCUT2D eigenvalue weighted by Gasteiger charge is -2.14. The SMILES string of the molecule is COc1cc(C(=O)NNC(=O)CNC(=O)c2ccc(C(F)(F)F)cc2)ccc1OC(C)C. The lowest BCUT2D eigenvalue weighted by atomic mass is 10.1. The second-order valence-corrected chi connectivity index (χ2v) is 6.79. The number of carbonyl (C=O) groups excluding carboxylic acids is 3. The van der Waals surface area contributed by atoms with Crippen LogP contribution in [0.4, 0.5) is 13.2 Å². The molecule has 3 amide bonds. The molecule has 2 aromatic carbocycles. The molecule has 32 heavy (non-hydrogen) atoms. The van der Waals surface area contributed by atoms with Crippen LogP contribution in [-0.2, 0) is 11.0 Å².